The predicted octanol–water partition coefficient (Wildman–Crippen LogP) is 5.03. The van der Waals surface area contributed by atoms with Crippen LogP contribution >= 0.6 is 0 Å². The van der Waals surface area contributed by atoms with E-state index in [9.17, 15) is 9.59 Å². The zero-order valence-corrected chi connectivity index (χ0v) is 17.4. The number of carbonyl (C=O) groups excluding carboxylic acids is 2. The van der Waals surface area contributed by atoms with E-state index in [1.54, 1.807) is 0 Å². The second-order valence-corrected chi connectivity index (χ2v) is 7.80. The zero-order chi connectivity index (χ0) is 21.1. The van der Waals surface area contributed by atoms with Crippen LogP contribution in [0.2, 0.25) is 0 Å². The number of anilines is 1. The van der Waals surface area contributed by atoms with Crippen LogP contribution in [0.4, 0.5) is 5.69 Å². The molecule has 1 aromatic heterocycles. The van der Waals surface area contributed by atoms with Crippen LogP contribution in [0.1, 0.15) is 59.8 Å². The smallest absolute Gasteiger partial charge is 0.339 e. The molecular formula is C25H26N2O3. The lowest BCUT2D eigenvalue weighted by Gasteiger charge is -2.16. The van der Waals surface area contributed by atoms with Crippen molar-refractivity contribution in [1.82, 2.24) is 4.98 Å². The number of nitrogens with zero attached hydrogens (tertiary/aromatic N) is 1. The number of nitrogens with one attached hydrogen (secondary N) is 1. The summed E-state index contributed by atoms with van der Waals surface area (Å²) in [4.78, 5) is 30.2. The molecule has 0 radical (unpaired) electrons. The van der Waals surface area contributed by atoms with Crippen molar-refractivity contribution in [2.24, 2.45) is 0 Å². The summed E-state index contributed by atoms with van der Waals surface area (Å²) in [5.74, 6) is -0.471. The van der Waals surface area contributed by atoms with E-state index in [1.807, 2.05) is 48.5 Å². The fourth-order valence-electron chi connectivity index (χ4n) is 4.09. The Bertz CT molecular complexity index is 1110. The largest absolute Gasteiger partial charge is 0.452 e. The summed E-state index contributed by atoms with van der Waals surface area (Å²) in [6, 6.07) is 15.3. The van der Waals surface area contributed by atoms with Crippen molar-refractivity contribution < 1.29 is 14.3 Å². The minimum absolute atomic E-state index is 0.320. The molecule has 5 nitrogen and oxygen atoms in total. The van der Waals surface area contributed by atoms with Gasteiger partial charge in [0, 0.05) is 16.8 Å². The second kappa shape index (κ2) is 8.66. The third-order valence-corrected chi connectivity index (χ3v) is 5.84. The SMILES string of the molecule is CC[C@@H](C)c1ccccc1NC(=O)COC(=O)c1c2c(nc3ccccc13)CCC2. The molecule has 0 aliphatic heterocycles. The van der Waals surface area contributed by atoms with Gasteiger partial charge in [-0.3, -0.25) is 9.78 Å². The van der Waals surface area contributed by atoms with Gasteiger partial charge in [0.05, 0.1) is 11.1 Å². The van der Waals surface area contributed by atoms with Gasteiger partial charge in [0.15, 0.2) is 6.61 Å². The molecule has 1 heterocycles. The molecule has 5 heteroatoms. The maximum atomic E-state index is 13.0. The van der Waals surface area contributed by atoms with Crippen molar-refractivity contribution in [3.63, 3.8) is 0 Å². The van der Waals surface area contributed by atoms with E-state index in [0.29, 0.717) is 11.5 Å². The number of ether oxygens (including phenoxy) is 1. The Morgan fingerprint density at radius 1 is 1.10 bits per heavy atom. The van der Waals surface area contributed by atoms with Crippen molar-refractivity contribution in [3.05, 3.63) is 70.9 Å². The summed E-state index contributed by atoms with van der Waals surface area (Å²) >= 11 is 0. The van der Waals surface area contributed by atoms with Gasteiger partial charge in [-0.2, -0.15) is 0 Å². The summed E-state index contributed by atoms with van der Waals surface area (Å²) in [5, 5.41) is 3.68. The molecule has 2 aromatic carbocycles. The van der Waals surface area contributed by atoms with E-state index in [4.69, 9.17) is 9.72 Å². The first-order valence-electron chi connectivity index (χ1n) is 10.5. The van der Waals surface area contributed by atoms with Gasteiger partial charge in [0.2, 0.25) is 0 Å². The molecule has 1 aliphatic carbocycles. The molecule has 30 heavy (non-hydrogen) atoms. The lowest BCUT2D eigenvalue weighted by molar-refractivity contribution is -0.119. The van der Waals surface area contributed by atoms with Crippen LogP contribution in [0.5, 0.6) is 0 Å². The first kappa shape index (κ1) is 20.1. The highest BCUT2D eigenvalue weighted by Crippen LogP contribution is 2.30. The van der Waals surface area contributed by atoms with E-state index < -0.39 is 5.97 Å². The van der Waals surface area contributed by atoms with Crippen LogP contribution in [-0.4, -0.2) is 23.5 Å². The number of esters is 1. The van der Waals surface area contributed by atoms with Crippen LogP contribution in [0.25, 0.3) is 10.9 Å². The first-order valence-corrected chi connectivity index (χ1v) is 10.5. The number of para-hydroxylation sites is 2. The highest BCUT2D eigenvalue weighted by atomic mass is 16.5. The number of aryl methyl sites for hydroxylation is 1. The van der Waals surface area contributed by atoms with Crippen molar-refractivity contribution in [2.45, 2.75) is 45.4 Å². The Labute approximate surface area is 176 Å². The second-order valence-electron chi connectivity index (χ2n) is 7.80. The Morgan fingerprint density at radius 3 is 2.70 bits per heavy atom. The molecule has 0 fully saturated rings. The van der Waals surface area contributed by atoms with Crippen LogP contribution in [-0.2, 0) is 22.4 Å². The van der Waals surface area contributed by atoms with Crippen LogP contribution < -0.4 is 5.32 Å². The molecule has 0 bridgehead atoms. The maximum absolute atomic E-state index is 13.0. The Hall–Kier alpha value is -3.21. The van der Waals surface area contributed by atoms with Gasteiger partial charge in [-0.1, -0.05) is 50.2 Å². The van der Waals surface area contributed by atoms with Gasteiger partial charge in [0.1, 0.15) is 0 Å². The monoisotopic (exact) mass is 402 g/mol. The molecule has 0 saturated heterocycles. The molecule has 4 rings (SSSR count). The van der Waals surface area contributed by atoms with Crippen LogP contribution in [0.3, 0.4) is 0 Å². The van der Waals surface area contributed by atoms with E-state index >= 15 is 0 Å². The summed E-state index contributed by atoms with van der Waals surface area (Å²) in [6.45, 7) is 3.92. The Balaban J connectivity index is 1.51. The number of pyridine rings is 1. The number of hydrogen-bond donors (Lipinski definition) is 1. The normalized spacial score (nSPS) is 13.7. The molecular weight excluding hydrogens is 376 g/mol. The standard InChI is InChI=1S/C25H26N2O3/c1-3-16(2)17-9-4-6-12-20(17)27-23(28)15-30-25(29)24-18-10-5-7-13-21(18)26-22-14-8-11-19(22)24/h4-7,9-10,12-13,16H,3,8,11,14-15H2,1-2H3,(H,27,28)/t16-/m1/s1. The number of aromatic nitrogens is 1. The minimum atomic E-state index is -0.461. The van der Waals surface area contributed by atoms with Crippen molar-refractivity contribution in [2.75, 3.05) is 11.9 Å². The molecule has 3 aromatic rings. The van der Waals surface area contributed by atoms with Gasteiger partial charge in [-0.15, -0.1) is 0 Å². The first-order chi connectivity index (χ1) is 14.6. The molecule has 1 aliphatic rings. The topological polar surface area (TPSA) is 68.3 Å². The average Bonchev–Trinajstić information content (AvgIpc) is 3.23. The van der Waals surface area contributed by atoms with E-state index in [-0.39, 0.29) is 12.5 Å². The summed E-state index contributed by atoms with van der Waals surface area (Å²) in [6.07, 6.45) is 3.63. The summed E-state index contributed by atoms with van der Waals surface area (Å²) in [5.41, 5.74) is 5.12. The van der Waals surface area contributed by atoms with Gasteiger partial charge in [0.25, 0.3) is 5.91 Å². The molecule has 0 spiro atoms. The van der Waals surface area contributed by atoms with Gasteiger partial charge >= 0.3 is 5.97 Å². The average molecular weight is 402 g/mol. The molecule has 0 saturated carbocycles. The van der Waals surface area contributed by atoms with Crippen LogP contribution in [0.15, 0.2) is 48.5 Å². The number of hydrogen-bond acceptors (Lipinski definition) is 4. The molecule has 0 unspecified atom stereocenters. The van der Waals surface area contributed by atoms with Gasteiger partial charge in [-0.25, -0.2) is 4.79 Å². The van der Waals surface area contributed by atoms with Crippen molar-refractivity contribution in [3.8, 4) is 0 Å². The fourth-order valence-corrected chi connectivity index (χ4v) is 4.09. The number of carbonyl (C=O) groups is 2. The Kier molecular flexibility index (Phi) is 5.79. The summed E-state index contributed by atoms with van der Waals surface area (Å²) in [7, 11) is 0. The lowest BCUT2D eigenvalue weighted by atomic mass is 9.97. The van der Waals surface area contributed by atoms with Crippen LogP contribution in [0, 0.1) is 0 Å². The van der Waals surface area contributed by atoms with E-state index in [2.05, 4.69) is 19.2 Å². The van der Waals surface area contributed by atoms with Gasteiger partial charge < -0.3 is 10.1 Å². The molecule has 1 amide bonds. The molecule has 154 valence electrons. The minimum Gasteiger partial charge on any atom is -0.452 e. The molecule has 1 atom stereocenters. The summed E-state index contributed by atoms with van der Waals surface area (Å²) < 4.78 is 5.44. The highest BCUT2D eigenvalue weighted by Gasteiger charge is 2.25. The third kappa shape index (κ3) is 3.92. The van der Waals surface area contributed by atoms with Gasteiger partial charge in [-0.05, 0) is 54.9 Å². The number of amides is 1. The van der Waals surface area contributed by atoms with E-state index in [0.717, 1.165) is 59.1 Å². The lowest BCUT2D eigenvalue weighted by Crippen LogP contribution is -2.22. The van der Waals surface area contributed by atoms with Crippen molar-refractivity contribution >= 4 is 28.5 Å². The number of benzene rings is 2. The quantitative estimate of drug-likeness (QED) is 0.587. The zero-order valence-electron chi connectivity index (χ0n) is 17.4. The highest BCUT2D eigenvalue weighted by molar-refractivity contribution is 6.06. The predicted molar refractivity (Wildman–Crippen MR) is 118 cm³/mol. The molecule has 1 N–H and O–H groups in total. The fraction of sp³-hybridized carbons (Fsp3) is 0.320. The van der Waals surface area contributed by atoms with E-state index in [1.165, 1.54) is 0 Å². The maximum Gasteiger partial charge on any atom is 0.339 e. The number of fused-ring (bicyclic) bond motifs is 2. The Morgan fingerprint density at radius 2 is 1.87 bits per heavy atom. The van der Waals surface area contributed by atoms with Crippen molar-refractivity contribution in [1.29, 1.82) is 0 Å². The third-order valence-electron chi connectivity index (χ3n) is 5.84. The number of rotatable bonds is 6.